The van der Waals surface area contributed by atoms with Crippen LogP contribution in [-0.4, -0.2) is 35.4 Å². The molecule has 2 N–H and O–H groups in total. The summed E-state index contributed by atoms with van der Waals surface area (Å²) in [5.41, 5.74) is 6.68. The topological polar surface area (TPSA) is 59.2 Å². The average Bonchev–Trinajstić information content (AvgIpc) is 2.26. The molecule has 6 heteroatoms. The number of rotatable bonds is 4. The fraction of sp³-hybridized carbons (Fsp3) is 0.455. The molecule has 1 atom stereocenters. The van der Waals surface area contributed by atoms with E-state index in [9.17, 15) is 4.79 Å². The quantitative estimate of drug-likeness (QED) is 0.903. The van der Waals surface area contributed by atoms with E-state index in [1.54, 1.807) is 31.3 Å². The average molecular weight is 280 g/mol. The summed E-state index contributed by atoms with van der Waals surface area (Å²) in [7, 11) is 1.77. The Morgan fingerprint density at radius 2 is 1.94 bits per heavy atom. The SMILES string of the molecule is C[C@@H](N)C(=O)N(C)CCc1ccncc1.Cl.Cl. The van der Waals surface area contributed by atoms with E-state index in [1.165, 1.54) is 5.56 Å². The lowest BCUT2D eigenvalue weighted by atomic mass is 10.2. The fourth-order valence-corrected chi connectivity index (χ4v) is 1.30. The smallest absolute Gasteiger partial charge is 0.238 e. The molecule has 1 rings (SSSR count). The molecule has 0 aliphatic rings. The number of hydrogen-bond acceptors (Lipinski definition) is 3. The summed E-state index contributed by atoms with van der Waals surface area (Å²) in [6.45, 7) is 2.38. The zero-order valence-corrected chi connectivity index (χ0v) is 11.6. The number of carbonyl (C=O) groups excluding carboxylic acids is 1. The first kappa shape index (κ1) is 18.5. The van der Waals surface area contributed by atoms with E-state index >= 15 is 0 Å². The monoisotopic (exact) mass is 279 g/mol. The molecule has 0 radical (unpaired) electrons. The first-order valence-corrected chi connectivity index (χ1v) is 5.00. The molecule has 1 amide bonds. The van der Waals surface area contributed by atoms with Crippen LogP contribution in [0.25, 0.3) is 0 Å². The molecule has 0 aliphatic carbocycles. The van der Waals surface area contributed by atoms with Crippen molar-refractivity contribution in [2.45, 2.75) is 19.4 Å². The second-order valence-corrected chi connectivity index (χ2v) is 3.65. The van der Waals surface area contributed by atoms with Gasteiger partial charge in [-0.15, -0.1) is 24.8 Å². The molecular weight excluding hydrogens is 261 g/mol. The lowest BCUT2D eigenvalue weighted by Gasteiger charge is -2.19. The maximum atomic E-state index is 11.5. The molecule has 17 heavy (non-hydrogen) atoms. The summed E-state index contributed by atoms with van der Waals surface area (Å²) in [5, 5.41) is 0. The highest BCUT2D eigenvalue weighted by Gasteiger charge is 2.12. The molecule has 0 unspecified atom stereocenters. The van der Waals surface area contributed by atoms with Gasteiger partial charge in [0.25, 0.3) is 0 Å². The van der Waals surface area contributed by atoms with Gasteiger partial charge in [0.1, 0.15) is 0 Å². The Hall–Kier alpha value is -0.840. The predicted octanol–water partition coefficient (Wildman–Crippen LogP) is 1.27. The van der Waals surface area contributed by atoms with Gasteiger partial charge in [0.2, 0.25) is 5.91 Å². The molecule has 0 aromatic carbocycles. The van der Waals surface area contributed by atoms with E-state index in [1.807, 2.05) is 12.1 Å². The van der Waals surface area contributed by atoms with Gasteiger partial charge < -0.3 is 10.6 Å². The molecule has 4 nitrogen and oxygen atoms in total. The highest BCUT2D eigenvalue weighted by atomic mass is 35.5. The van der Waals surface area contributed by atoms with E-state index < -0.39 is 6.04 Å². The van der Waals surface area contributed by atoms with Crippen molar-refractivity contribution in [3.8, 4) is 0 Å². The van der Waals surface area contributed by atoms with Gasteiger partial charge in [-0.1, -0.05) is 0 Å². The van der Waals surface area contributed by atoms with Gasteiger partial charge in [-0.25, -0.2) is 0 Å². The zero-order chi connectivity index (χ0) is 11.3. The molecule has 1 aromatic rings. The third kappa shape index (κ3) is 6.46. The van der Waals surface area contributed by atoms with Crippen molar-refractivity contribution in [1.29, 1.82) is 0 Å². The molecule has 0 aliphatic heterocycles. The van der Waals surface area contributed by atoms with Crippen LogP contribution >= 0.6 is 24.8 Å². The second-order valence-electron chi connectivity index (χ2n) is 3.65. The number of nitrogens with two attached hydrogens (primary N) is 1. The van der Waals surface area contributed by atoms with E-state index in [0.717, 1.165) is 6.42 Å². The summed E-state index contributed by atoms with van der Waals surface area (Å²) < 4.78 is 0. The summed E-state index contributed by atoms with van der Waals surface area (Å²) >= 11 is 0. The molecule has 0 spiro atoms. The van der Waals surface area contributed by atoms with Crippen LogP contribution in [0, 0.1) is 0 Å². The summed E-state index contributed by atoms with van der Waals surface area (Å²) in [4.78, 5) is 17.0. The Morgan fingerprint density at radius 3 is 2.41 bits per heavy atom. The molecule has 98 valence electrons. The molecule has 0 bridgehead atoms. The molecular formula is C11H19Cl2N3O. The van der Waals surface area contributed by atoms with Crippen LogP contribution in [0.2, 0.25) is 0 Å². The maximum Gasteiger partial charge on any atom is 0.238 e. The minimum atomic E-state index is -0.424. The van der Waals surface area contributed by atoms with Gasteiger partial charge in [0.15, 0.2) is 0 Å². The van der Waals surface area contributed by atoms with Crippen LogP contribution in [0.15, 0.2) is 24.5 Å². The third-order valence-electron chi connectivity index (χ3n) is 2.25. The van der Waals surface area contributed by atoms with Crippen LogP contribution < -0.4 is 5.73 Å². The van der Waals surface area contributed by atoms with Gasteiger partial charge in [0.05, 0.1) is 6.04 Å². The van der Waals surface area contributed by atoms with Crippen LogP contribution in [0.3, 0.4) is 0 Å². The number of carbonyl (C=O) groups is 1. The number of pyridine rings is 1. The Balaban J connectivity index is 0. The van der Waals surface area contributed by atoms with E-state index in [2.05, 4.69) is 4.98 Å². The Bertz CT molecular complexity index is 320. The normalized spacial score (nSPS) is 10.8. The molecule has 1 aromatic heterocycles. The number of hydrogen-bond donors (Lipinski definition) is 1. The molecule has 0 fully saturated rings. The van der Waals surface area contributed by atoms with Crippen molar-refractivity contribution in [3.63, 3.8) is 0 Å². The second kappa shape index (κ2) is 9.22. The van der Waals surface area contributed by atoms with Crippen LogP contribution in [0.1, 0.15) is 12.5 Å². The van der Waals surface area contributed by atoms with Gasteiger partial charge in [0, 0.05) is 26.0 Å². The van der Waals surface area contributed by atoms with Gasteiger partial charge >= 0.3 is 0 Å². The first-order chi connectivity index (χ1) is 7.11. The van der Waals surface area contributed by atoms with Crippen molar-refractivity contribution in [1.82, 2.24) is 9.88 Å². The third-order valence-corrected chi connectivity index (χ3v) is 2.25. The Kier molecular flexibility index (Phi) is 10.0. The fourth-order valence-electron chi connectivity index (χ4n) is 1.30. The predicted molar refractivity (Wildman–Crippen MR) is 73.7 cm³/mol. The minimum Gasteiger partial charge on any atom is -0.344 e. The highest BCUT2D eigenvalue weighted by Crippen LogP contribution is 1.99. The summed E-state index contributed by atoms with van der Waals surface area (Å²) in [5.74, 6) is -0.0240. The number of aromatic nitrogens is 1. The Labute approximate surface area is 114 Å². The zero-order valence-electron chi connectivity index (χ0n) is 10.00. The lowest BCUT2D eigenvalue weighted by molar-refractivity contribution is -0.130. The molecule has 1 heterocycles. The van der Waals surface area contributed by atoms with Crippen LogP contribution in [-0.2, 0) is 11.2 Å². The van der Waals surface area contributed by atoms with Crippen LogP contribution in [0.4, 0.5) is 0 Å². The number of nitrogens with zero attached hydrogens (tertiary/aromatic N) is 2. The van der Waals surface area contributed by atoms with E-state index in [-0.39, 0.29) is 30.7 Å². The lowest BCUT2D eigenvalue weighted by Crippen LogP contribution is -2.40. The Morgan fingerprint density at radius 1 is 1.41 bits per heavy atom. The number of halogens is 2. The summed E-state index contributed by atoms with van der Waals surface area (Å²) in [6, 6.07) is 3.47. The van der Waals surface area contributed by atoms with E-state index in [0.29, 0.717) is 6.54 Å². The van der Waals surface area contributed by atoms with Gasteiger partial charge in [-0.2, -0.15) is 0 Å². The molecule has 0 saturated carbocycles. The number of amides is 1. The standard InChI is InChI=1S/C11H17N3O.2ClH/c1-9(12)11(15)14(2)8-5-10-3-6-13-7-4-10;;/h3-4,6-7,9H,5,8,12H2,1-2H3;2*1H/t9-;;/m1../s1. The van der Waals surface area contributed by atoms with Crippen molar-refractivity contribution in [2.75, 3.05) is 13.6 Å². The van der Waals surface area contributed by atoms with Crippen molar-refractivity contribution in [3.05, 3.63) is 30.1 Å². The number of likely N-dealkylation sites (N-methyl/N-ethyl adjacent to an activating group) is 1. The van der Waals surface area contributed by atoms with Crippen molar-refractivity contribution >= 4 is 30.7 Å². The minimum absolute atomic E-state index is 0. The van der Waals surface area contributed by atoms with E-state index in [4.69, 9.17) is 5.73 Å². The molecule has 0 saturated heterocycles. The van der Waals surface area contributed by atoms with Crippen molar-refractivity contribution in [2.24, 2.45) is 5.73 Å². The van der Waals surface area contributed by atoms with Gasteiger partial charge in [-0.05, 0) is 31.0 Å². The van der Waals surface area contributed by atoms with Gasteiger partial charge in [-0.3, -0.25) is 9.78 Å². The van der Waals surface area contributed by atoms with Crippen LogP contribution in [0.5, 0.6) is 0 Å². The van der Waals surface area contributed by atoms with Crippen molar-refractivity contribution < 1.29 is 4.79 Å². The maximum absolute atomic E-state index is 11.5. The highest BCUT2D eigenvalue weighted by molar-refractivity contribution is 5.85. The first-order valence-electron chi connectivity index (χ1n) is 5.00. The largest absolute Gasteiger partial charge is 0.344 e. The summed E-state index contributed by atoms with van der Waals surface area (Å²) in [6.07, 6.45) is 4.34.